The first-order chi connectivity index (χ1) is 6.24. The Kier molecular flexibility index (Phi) is 3.33. The van der Waals surface area contributed by atoms with Crippen LogP contribution in [-0.4, -0.2) is 27.6 Å². The molecule has 1 rings (SSSR count). The molecule has 1 aromatic rings. The molecule has 0 aliphatic rings. The van der Waals surface area contributed by atoms with Gasteiger partial charge >= 0.3 is 5.97 Å². The minimum Gasteiger partial charge on any atom is -0.481 e. The maximum atomic E-state index is 10.4. The number of carboxylic acid groups (broad SMARTS) is 1. The molecule has 1 aromatic heterocycles. The fourth-order valence-electron chi connectivity index (χ4n) is 1.06. The smallest absolute Gasteiger partial charge is 0.304 e. The van der Waals surface area contributed by atoms with Crippen LogP contribution in [-0.2, 0) is 4.79 Å². The van der Waals surface area contributed by atoms with Crippen LogP contribution in [0.5, 0.6) is 0 Å². The lowest BCUT2D eigenvalue weighted by Crippen LogP contribution is -2.17. The number of hydrogen-bond donors (Lipinski definition) is 2. The Labute approximate surface area is 75.6 Å². The molecule has 1 unspecified atom stereocenters. The van der Waals surface area contributed by atoms with Crippen molar-refractivity contribution in [1.29, 1.82) is 0 Å². The fourth-order valence-corrected chi connectivity index (χ4v) is 1.06. The predicted octanol–water partition coefficient (Wildman–Crippen LogP) is -0.00640. The molecular weight excluding hydrogens is 170 g/mol. The van der Waals surface area contributed by atoms with Gasteiger partial charge in [-0.15, -0.1) is 0 Å². The van der Waals surface area contributed by atoms with E-state index in [1.807, 2.05) is 0 Å². The molecule has 0 radical (unpaired) electrons. The third-order valence-electron chi connectivity index (χ3n) is 1.73. The Morgan fingerprint density at radius 2 is 2.46 bits per heavy atom. The summed E-state index contributed by atoms with van der Waals surface area (Å²) in [7, 11) is 0. The largest absolute Gasteiger partial charge is 0.481 e. The zero-order valence-corrected chi connectivity index (χ0v) is 7.05. The van der Waals surface area contributed by atoms with Gasteiger partial charge in [0.15, 0.2) is 0 Å². The third-order valence-corrected chi connectivity index (χ3v) is 1.73. The van der Waals surface area contributed by atoms with Crippen molar-refractivity contribution in [3.63, 3.8) is 0 Å². The summed E-state index contributed by atoms with van der Waals surface area (Å²) in [6, 6.07) is 1.68. The van der Waals surface area contributed by atoms with E-state index in [1.165, 1.54) is 6.33 Å². The molecule has 0 saturated heterocycles. The molecule has 0 spiro atoms. The van der Waals surface area contributed by atoms with Gasteiger partial charge in [0.1, 0.15) is 6.33 Å². The molecule has 13 heavy (non-hydrogen) atoms. The van der Waals surface area contributed by atoms with Gasteiger partial charge in [-0.25, -0.2) is 9.97 Å². The Hall–Kier alpha value is -1.49. The van der Waals surface area contributed by atoms with Gasteiger partial charge in [0.05, 0.1) is 6.42 Å². The van der Waals surface area contributed by atoms with Gasteiger partial charge in [-0.1, -0.05) is 0 Å². The van der Waals surface area contributed by atoms with Crippen LogP contribution in [0.2, 0.25) is 0 Å². The molecule has 0 amide bonds. The van der Waals surface area contributed by atoms with Crippen molar-refractivity contribution in [3.05, 3.63) is 24.3 Å². The summed E-state index contributed by atoms with van der Waals surface area (Å²) in [6.45, 7) is 0.281. The lowest BCUT2D eigenvalue weighted by molar-refractivity contribution is -0.137. The monoisotopic (exact) mass is 181 g/mol. The van der Waals surface area contributed by atoms with Gasteiger partial charge in [0.25, 0.3) is 0 Å². The van der Waals surface area contributed by atoms with E-state index in [1.54, 1.807) is 12.3 Å². The molecule has 0 aromatic carbocycles. The van der Waals surface area contributed by atoms with Crippen LogP contribution in [0.15, 0.2) is 18.6 Å². The molecule has 0 aliphatic heterocycles. The van der Waals surface area contributed by atoms with Crippen LogP contribution < -0.4 is 5.73 Å². The maximum Gasteiger partial charge on any atom is 0.304 e. The molecule has 0 aliphatic carbocycles. The summed E-state index contributed by atoms with van der Waals surface area (Å²) in [4.78, 5) is 18.1. The molecule has 1 atom stereocenters. The number of carbonyl (C=O) groups is 1. The summed E-state index contributed by atoms with van der Waals surface area (Å²) >= 11 is 0. The second-order valence-corrected chi connectivity index (χ2v) is 2.66. The van der Waals surface area contributed by atoms with Gasteiger partial charge in [-0.05, 0) is 6.07 Å². The Balaban J connectivity index is 2.73. The van der Waals surface area contributed by atoms with Crippen molar-refractivity contribution in [2.45, 2.75) is 12.3 Å². The van der Waals surface area contributed by atoms with Crippen LogP contribution in [0.3, 0.4) is 0 Å². The Morgan fingerprint density at radius 3 is 2.92 bits per heavy atom. The van der Waals surface area contributed by atoms with E-state index in [2.05, 4.69) is 9.97 Å². The highest BCUT2D eigenvalue weighted by Gasteiger charge is 2.14. The van der Waals surface area contributed by atoms with Gasteiger partial charge < -0.3 is 10.8 Å². The molecule has 70 valence electrons. The summed E-state index contributed by atoms with van der Waals surface area (Å²) < 4.78 is 0. The number of carboxylic acids is 1. The van der Waals surface area contributed by atoms with Gasteiger partial charge in [0.2, 0.25) is 0 Å². The lowest BCUT2D eigenvalue weighted by atomic mass is 10.0. The highest BCUT2D eigenvalue weighted by molar-refractivity contribution is 5.67. The molecule has 3 N–H and O–H groups in total. The van der Waals surface area contributed by atoms with Crippen LogP contribution in [0.4, 0.5) is 0 Å². The summed E-state index contributed by atoms with van der Waals surface area (Å²) in [5, 5.41) is 8.58. The zero-order valence-electron chi connectivity index (χ0n) is 7.05. The average Bonchev–Trinajstić information content (AvgIpc) is 2.15. The van der Waals surface area contributed by atoms with Crippen molar-refractivity contribution in [1.82, 2.24) is 9.97 Å². The number of nitrogens with two attached hydrogens (primary N) is 1. The van der Waals surface area contributed by atoms with Gasteiger partial charge in [-0.2, -0.15) is 0 Å². The number of aliphatic carboxylic acids is 1. The first-order valence-electron chi connectivity index (χ1n) is 3.91. The van der Waals surface area contributed by atoms with Crippen molar-refractivity contribution < 1.29 is 9.90 Å². The SMILES string of the molecule is NCC(CC(=O)O)c1ccncn1. The fraction of sp³-hybridized carbons (Fsp3) is 0.375. The van der Waals surface area contributed by atoms with E-state index in [0.29, 0.717) is 5.69 Å². The number of hydrogen-bond acceptors (Lipinski definition) is 4. The maximum absolute atomic E-state index is 10.4. The molecule has 0 bridgehead atoms. The van der Waals surface area contributed by atoms with Crippen molar-refractivity contribution in [2.24, 2.45) is 5.73 Å². The van der Waals surface area contributed by atoms with E-state index in [9.17, 15) is 4.79 Å². The standard InChI is InChI=1S/C8H11N3O2/c9-4-6(3-8(12)13)7-1-2-10-5-11-7/h1-2,5-6H,3-4,9H2,(H,12,13). The lowest BCUT2D eigenvalue weighted by Gasteiger charge is -2.10. The van der Waals surface area contributed by atoms with E-state index in [4.69, 9.17) is 10.8 Å². The second-order valence-electron chi connectivity index (χ2n) is 2.66. The normalized spacial score (nSPS) is 12.4. The van der Waals surface area contributed by atoms with E-state index >= 15 is 0 Å². The van der Waals surface area contributed by atoms with Crippen molar-refractivity contribution in [2.75, 3.05) is 6.54 Å². The number of aromatic nitrogens is 2. The van der Waals surface area contributed by atoms with Crippen LogP contribution in [0.25, 0.3) is 0 Å². The predicted molar refractivity (Wildman–Crippen MR) is 46.1 cm³/mol. The minimum absolute atomic E-state index is 0.00745. The topological polar surface area (TPSA) is 89.1 Å². The third kappa shape index (κ3) is 2.79. The molecule has 0 saturated carbocycles. The first kappa shape index (κ1) is 9.60. The highest BCUT2D eigenvalue weighted by atomic mass is 16.4. The molecule has 5 nitrogen and oxygen atoms in total. The van der Waals surface area contributed by atoms with E-state index < -0.39 is 5.97 Å². The Bertz CT molecular complexity index is 276. The zero-order chi connectivity index (χ0) is 9.68. The molecule has 5 heteroatoms. The number of rotatable bonds is 4. The van der Waals surface area contributed by atoms with Crippen molar-refractivity contribution in [3.8, 4) is 0 Å². The average molecular weight is 181 g/mol. The quantitative estimate of drug-likeness (QED) is 0.682. The molecule has 0 fully saturated rings. The second kappa shape index (κ2) is 4.51. The molecular formula is C8H11N3O2. The minimum atomic E-state index is -0.867. The van der Waals surface area contributed by atoms with Gasteiger partial charge in [-0.3, -0.25) is 4.79 Å². The summed E-state index contributed by atoms with van der Waals surface area (Å²) in [5.74, 6) is -1.09. The van der Waals surface area contributed by atoms with Crippen molar-refractivity contribution >= 4 is 5.97 Å². The highest BCUT2D eigenvalue weighted by Crippen LogP contribution is 2.14. The van der Waals surface area contributed by atoms with Gasteiger partial charge in [0, 0.05) is 24.4 Å². The summed E-state index contributed by atoms with van der Waals surface area (Å²) in [6.07, 6.45) is 2.97. The molecule has 1 heterocycles. The number of nitrogens with zero attached hydrogens (tertiary/aromatic N) is 2. The van der Waals surface area contributed by atoms with Crippen LogP contribution in [0.1, 0.15) is 18.0 Å². The van der Waals surface area contributed by atoms with E-state index in [0.717, 1.165) is 0 Å². The first-order valence-corrected chi connectivity index (χ1v) is 3.91. The summed E-state index contributed by atoms with van der Waals surface area (Å²) in [5.41, 5.74) is 6.11. The van der Waals surface area contributed by atoms with Crippen LogP contribution in [0, 0.1) is 0 Å². The van der Waals surface area contributed by atoms with Crippen LogP contribution >= 0.6 is 0 Å². The Morgan fingerprint density at radius 1 is 1.69 bits per heavy atom. The van der Waals surface area contributed by atoms with E-state index in [-0.39, 0.29) is 18.9 Å².